The largest absolute Gasteiger partial charge is 0.466 e. The number of benzene rings is 2. The third-order valence-corrected chi connectivity index (χ3v) is 4.54. The van der Waals surface area contributed by atoms with E-state index in [-0.39, 0.29) is 12.4 Å². The number of rotatable bonds is 6. The maximum Gasteiger partial charge on any atom is 0.311 e. The van der Waals surface area contributed by atoms with Gasteiger partial charge in [-0.15, -0.1) is 0 Å². The van der Waals surface area contributed by atoms with Crippen molar-refractivity contribution < 1.29 is 9.53 Å². The third kappa shape index (κ3) is 4.24. The average molecular weight is 383 g/mol. The van der Waals surface area contributed by atoms with Gasteiger partial charge in [0.05, 0.1) is 30.1 Å². The van der Waals surface area contributed by atoms with E-state index in [1.807, 2.05) is 59.1 Å². The Labute approximate surface area is 169 Å². The molecule has 5 heteroatoms. The molecule has 2 aromatic carbocycles. The number of aliphatic imine (C=N–C) groups is 1. The Kier molecular flexibility index (Phi) is 5.47. The lowest BCUT2D eigenvalue weighted by Crippen LogP contribution is -2.09. The summed E-state index contributed by atoms with van der Waals surface area (Å²) < 4.78 is 6.93. The van der Waals surface area contributed by atoms with E-state index in [4.69, 9.17) is 9.73 Å². The number of nitrogens with zero attached hydrogens (tertiary/aromatic N) is 3. The van der Waals surface area contributed by atoms with E-state index in [1.54, 1.807) is 13.1 Å². The molecule has 0 N–H and O–H groups in total. The highest BCUT2D eigenvalue weighted by Crippen LogP contribution is 2.21. The molecule has 0 saturated heterocycles. The molecule has 0 bridgehead atoms. The monoisotopic (exact) mass is 383 g/mol. The molecule has 5 nitrogen and oxygen atoms in total. The van der Waals surface area contributed by atoms with Crippen LogP contribution < -0.4 is 0 Å². The summed E-state index contributed by atoms with van der Waals surface area (Å²) >= 11 is 0. The Morgan fingerprint density at radius 2 is 1.66 bits per heavy atom. The van der Waals surface area contributed by atoms with Crippen molar-refractivity contribution in [3.8, 4) is 0 Å². The minimum absolute atomic E-state index is 0.191. The molecule has 0 radical (unpaired) electrons. The van der Waals surface area contributed by atoms with Crippen molar-refractivity contribution in [3.63, 3.8) is 0 Å². The Hall–Kier alpha value is -3.73. The number of fused-ring (bicyclic) bond motifs is 1. The number of carbonyl (C=O) groups is 1. The topological polar surface area (TPSA) is 56.0 Å². The highest BCUT2D eigenvalue weighted by Gasteiger charge is 2.11. The minimum Gasteiger partial charge on any atom is -0.466 e. The summed E-state index contributed by atoms with van der Waals surface area (Å²) in [5.41, 5.74) is 5.32. The van der Waals surface area contributed by atoms with Crippen LogP contribution in [-0.2, 0) is 16.0 Å². The van der Waals surface area contributed by atoms with E-state index in [9.17, 15) is 4.79 Å². The van der Waals surface area contributed by atoms with Crippen LogP contribution in [0.4, 0.5) is 5.69 Å². The molecule has 0 aliphatic heterocycles. The van der Waals surface area contributed by atoms with Crippen molar-refractivity contribution in [2.45, 2.75) is 13.3 Å². The molecule has 0 spiro atoms. The SMILES string of the molecule is CCOC(=O)Cc1cnc2cc(N=C(c3ccccc3)c3ccccc3)ccn12. The summed E-state index contributed by atoms with van der Waals surface area (Å²) in [6.07, 6.45) is 3.79. The van der Waals surface area contributed by atoms with Crippen molar-refractivity contribution in [1.82, 2.24) is 9.38 Å². The lowest BCUT2D eigenvalue weighted by molar-refractivity contribution is -0.142. The first-order chi connectivity index (χ1) is 14.2. The van der Waals surface area contributed by atoms with Gasteiger partial charge in [-0.05, 0) is 13.0 Å². The molecule has 0 aliphatic carbocycles. The van der Waals surface area contributed by atoms with Gasteiger partial charge in [-0.3, -0.25) is 4.79 Å². The van der Waals surface area contributed by atoms with Gasteiger partial charge in [0.15, 0.2) is 0 Å². The number of hydrogen-bond acceptors (Lipinski definition) is 4. The molecule has 2 heterocycles. The molecule has 0 amide bonds. The lowest BCUT2D eigenvalue weighted by atomic mass is 10.0. The first kappa shape index (κ1) is 18.6. The van der Waals surface area contributed by atoms with E-state index in [1.165, 1.54) is 0 Å². The Bertz CT molecular complexity index is 1110. The second-order valence-corrected chi connectivity index (χ2v) is 6.54. The molecule has 4 aromatic rings. The minimum atomic E-state index is -0.258. The van der Waals surface area contributed by atoms with Gasteiger partial charge in [0.25, 0.3) is 0 Å². The molecule has 29 heavy (non-hydrogen) atoms. The predicted octanol–water partition coefficient (Wildman–Crippen LogP) is 4.61. The van der Waals surface area contributed by atoms with Crippen LogP contribution in [0.3, 0.4) is 0 Å². The summed E-state index contributed by atoms with van der Waals surface area (Å²) in [7, 11) is 0. The number of esters is 1. The van der Waals surface area contributed by atoms with E-state index < -0.39 is 0 Å². The van der Waals surface area contributed by atoms with Gasteiger partial charge in [-0.1, -0.05) is 60.7 Å². The van der Waals surface area contributed by atoms with Gasteiger partial charge >= 0.3 is 5.97 Å². The maximum atomic E-state index is 11.8. The molecule has 0 unspecified atom stereocenters. The molecule has 0 aliphatic rings. The first-order valence-electron chi connectivity index (χ1n) is 9.55. The van der Waals surface area contributed by atoms with Crippen LogP contribution in [-0.4, -0.2) is 27.7 Å². The van der Waals surface area contributed by atoms with Crippen molar-refractivity contribution in [2.24, 2.45) is 4.99 Å². The number of carbonyl (C=O) groups excluding carboxylic acids is 1. The zero-order chi connectivity index (χ0) is 20.1. The summed E-state index contributed by atoms with van der Waals surface area (Å²) in [6.45, 7) is 2.17. The van der Waals surface area contributed by atoms with Gasteiger partial charge in [-0.25, -0.2) is 9.98 Å². The smallest absolute Gasteiger partial charge is 0.311 e. The second-order valence-electron chi connectivity index (χ2n) is 6.54. The van der Waals surface area contributed by atoms with Crippen LogP contribution in [0.15, 0.2) is 90.2 Å². The van der Waals surface area contributed by atoms with Gasteiger partial charge in [0.2, 0.25) is 0 Å². The van der Waals surface area contributed by atoms with Crippen molar-refractivity contribution in [2.75, 3.05) is 6.61 Å². The zero-order valence-electron chi connectivity index (χ0n) is 16.2. The quantitative estimate of drug-likeness (QED) is 0.361. The van der Waals surface area contributed by atoms with Crippen molar-refractivity contribution >= 4 is 23.0 Å². The highest BCUT2D eigenvalue weighted by molar-refractivity contribution is 6.13. The standard InChI is InChI=1S/C24H21N3O2/c1-2-29-23(28)16-21-17-25-22-15-20(13-14-27(21)22)26-24(18-9-5-3-6-10-18)19-11-7-4-8-12-19/h3-15,17H,2,16H2,1H3. The lowest BCUT2D eigenvalue weighted by Gasteiger charge is -2.08. The summed E-state index contributed by atoms with van der Waals surface area (Å²) in [6, 6.07) is 24.1. The fourth-order valence-electron chi connectivity index (χ4n) is 3.20. The fraction of sp³-hybridized carbons (Fsp3) is 0.125. The van der Waals surface area contributed by atoms with Crippen molar-refractivity contribution in [1.29, 1.82) is 0 Å². The van der Waals surface area contributed by atoms with E-state index in [2.05, 4.69) is 29.2 Å². The number of ether oxygens (including phenoxy) is 1. The molecular weight excluding hydrogens is 362 g/mol. The molecule has 0 fully saturated rings. The fourth-order valence-corrected chi connectivity index (χ4v) is 3.20. The molecule has 144 valence electrons. The van der Waals surface area contributed by atoms with Crippen LogP contribution >= 0.6 is 0 Å². The Balaban J connectivity index is 1.72. The number of imidazole rings is 1. The Morgan fingerprint density at radius 3 is 2.28 bits per heavy atom. The summed E-state index contributed by atoms with van der Waals surface area (Å²) in [4.78, 5) is 21.1. The van der Waals surface area contributed by atoms with E-state index in [0.717, 1.165) is 33.9 Å². The zero-order valence-corrected chi connectivity index (χ0v) is 16.2. The maximum absolute atomic E-state index is 11.8. The highest BCUT2D eigenvalue weighted by atomic mass is 16.5. The van der Waals surface area contributed by atoms with Gasteiger partial charge < -0.3 is 9.14 Å². The molecular formula is C24H21N3O2. The van der Waals surface area contributed by atoms with Gasteiger partial charge in [0.1, 0.15) is 5.65 Å². The number of pyridine rings is 1. The molecule has 4 rings (SSSR count). The van der Waals surface area contributed by atoms with Crippen LogP contribution in [0.1, 0.15) is 23.7 Å². The van der Waals surface area contributed by atoms with Crippen molar-refractivity contribution in [3.05, 3.63) is 102 Å². The molecule has 0 atom stereocenters. The van der Waals surface area contributed by atoms with Gasteiger partial charge in [-0.2, -0.15) is 0 Å². The first-order valence-corrected chi connectivity index (χ1v) is 9.55. The molecule has 0 saturated carbocycles. The van der Waals surface area contributed by atoms with Crippen LogP contribution in [0.2, 0.25) is 0 Å². The van der Waals surface area contributed by atoms with Gasteiger partial charge in [0, 0.05) is 29.6 Å². The normalized spacial score (nSPS) is 10.7. The molecule has 2 aromatic heterocycles. The average Bonchev–Trinajstić information content (AvgIpc) is 3.15. The van der Waals surface area contributed by atoms with Crippen LogP contribution in [0.25, 0.3) is 5.65 Å². The number of hydrogen-bond donors (Lipinski definition) is 0. The van der Waals surface area contributed by atoms with Crippen LogP contribution in [0, 0.1) is 0 Å². The number of aromatic nitrogens is 2. The summed E-state index contributed by atoms with van der Waals surface area (Å²) in [5, 5.41) is 0. The third-order valence-electron chi connectivity index (χ3n) is 4.54. The van der Waals surface area contributed by atoms with Crippen LogP contribution in [0.5, 0.6) is 0 Å². The Morgan fingerprint density at radius 1 is 1.00 bits per heavy atom. The second kappa shape index (κ2) is 8.52. The van der Waals surface area contributed by atoms with E-state index in [0.29, 0.717) is 6.61 Å². The summed E-state index contributed by atoms with van der Waals surface area (Å²) in [5.74, 6) is -0.258. The predicted molar refractivity (Wildman–Crippen MR) is 114 cm³/mol. The van der Waals surface area contributed by atoms with E-state index >= 15 is 0 Å².